The minimum Gasteiger partial charge on any atom is -0.461 e. The smallest absolute Gasteiger partial charge is 0.253 e. The molecule has 0 radical (unpaired) electrons. The molecule has 4 rings (SSSR count). The molecule has 1 aromatic carbocycles. The Labute approximate surface area is 165 Å². The third-order valence-corrected chi connectivity index (χ3v) is 5.41. The van der Waals surface area contributed by atoms with Crippen molar-refractivity contribution in [2.75, 3.05) is 13.1 Å². The highest BCUT2D eigenvalue weighted by molar-refractivity contribution is 5.94. The molecule has 3 aromatic rings. The van der Waals surface area contributed by atoms with Gasteiger partial charge >= 0.3 is 0 Å². The molecule has 6 nitrogen and oxygen atoms in total. The van der Waals surface area contributed by atoms with E-state index >= 15 is 0 Å². The lowest BCUT2D eigenvalue weighted by Gasteiger charge is -2.31. The number of likely N-dealkylation sites (tertiary alicyclic amines) is 1. The largest absolute Gasteiger partial charge is 0.461 e. The monoisotopic (exact) mass is 378 g/mol. The van der Waals surface area contributed by atoms with Crippen molar-refractivity contribution in [3.8, 4) is 11.6 Å². The molecule has 1 amide bonds. The third kappa shape index (κ3) is 3.72. The molecule has 6 heteroatoms. The zero-order chi connectivity index (χ0) is 19.7. The standard InChI is InChI=1S/C22H26N4O2/c1-22(2,3)17-8-6-16(7-9-17)21(27)26-12-10-15(11-13-26)19-23-20(25-24-19)18-5-4-14-28-18/h4-9,14-15H,10-13H2,1-3H3,(H,23,24,25). The Bertz CT molecular complexity index is 928. The Hall–Kier alpha value is -2.89. The molecular weight excluding hydrogens is 352 g/mol. The summed E-state index contributed by atoms with van der Waals surface area (Å²) in [5.74, 6) is 2.50. The first-order valence-electron chi connectivity index (χ1n) is 9.78. The number of piperidine rings is 1. The molecule has 2 aromatic heterocycles. The summed E-state index contributed by atoms with van der Waals surface area (Å²) in [6.07, 6.45) is 3.36. The summed E-state index contributed by atoms with van der Waals surface area (Å²) < 4.78 is 5.35. The van der Waals surface area contributed by atoms with Gasteiger partial charge in [0, 0.05) is 24.6 Å². The predicted octanol–water partition coefficient (Wildman–Crippen LogP) is 4.38. The molecule has 146 valence electrons. The van der Waals surface area contributed by atoms with E-state index in [1.807, 2.05) is 29.2 Å². The fraction of sp³-hybridized carbons (Fsp3) is 0.409. The van der Waals surface area contributed by atoms with Gasteiger partial charge in [-0.2, -0.15) is 5.10 Å². The Balaban J connectivity index is 1.38. The molecule has 1 aliphatic rings. The lowest BCUT2D eigenvalue weighted by atomic mass is 9.86. The van der Waals surface area contributed by atoms with Gasteiger partial charge in [0.1, 0.15) is 5.82 Å². The average Bonchev–Trinajstić information content (AvgIpc) is 3.38. The van der Waals surface area contributed by atoms with Gasteiger partial charge in [-0.3, -0.25) is 9.89 Å². The number of H-pyrrole nitrogens is 1. The minimum absolute atomic E-state index is 0.0888. The summed E-state index contributed by atoms with van der Waals surface area (Å²) in [5.41, 5.74) is 2.08. The van der Waals surface area contributed by atoms with Crippen molar-refractivity contribution in [3.05, 3.63) is 59.6 Å². The molecule has 3 heterocycles. The van der Waals surface area contributed by atoms with Crippen LogP contribution in [-0.4, -0.2) is 39.1 Å². The number of aromatic nitrogens is 3. The van der Waals surface area contributed by atoms with Gasteiger partial charge in [-0.15, -0.1) is 0 Å². The Morgan fingerprint density at radius 1 is 1.14 bits per heavy atom. The second-order valence-corrected chi connectivity index (χ2v) is 8.42. The van der Waals surface area contributed by atoms with Crippen molar-refractivity contribution in [1.82, 2.24) is 20.1 Å². The van der Waals surface area contributed by atoms with Gasteiger partial charge in [0.15, 0.2) is 5.76 Å². The van der Waals surface area contributed by atoms with Crippen LogP contribution in [0.5, 0.6) is 0 Å². The second-order valence-electron chi connectivity index (χ2n) is 8.42. The Kier molecular flexibility index (Phi) is 4.79. The number of nitrogens with one attached hydrogen (secondary N) is 1. The molecule has 1 saturated heterocycles. The SMILES string of the molecule is CC(C)(C)c1ccc(C(=O)N2CCC(c3nc(-c4ccco4)n[nH]3)CC2)cc1. The highest BCUT2D eigenvalue weighted by atomic mass is 16.3. The second kappa shape index (κ2) is 7.26. The maximum absolute atomic E-state index is 12.8. The molecule has 1 aliphatic heterocycles. The zero-order valence-electron chi connectivity index (χ0n) is 16.6. The highest BCUT2D eigenvalue weighted by Crippen LogP contribution is 2.28. The highest BCUT2D eigenvalue weighted by Gasteiger charge is 2.27. The summed E-state index contributed by atoms with van der Waals surface area (Å²) in [5, 5.41) is 7.29. The van der Waals surface area contributed by atoms with Crippen molar-refractivity contribution in [2.45, 2.75) is 44.9 Å². The zero-order valence-corrected chi connectivity index (χ0v) is 16.6. The first kappa shape index (κ1) is 18.5. The molecule has 0 unspecified atom stereocenters. The van der Waals surface area contributed by atoms with Gasteiger partial charge in [0.05, 0.1) is 6.26 Å². The van der Waals surface area contributed by atoms with Gasteiger partial charge in [-0.05, 0) is 48.1 Å². The van der Waals surface area contributed by atoms with Crippen molar-refractivity contribution < 1.29 is 9.21 Å². The third-order valence-electron chi connectivity index (χ3n) is 5.41. The number of benzene rings is 1. The van der Waals surface area contributed by atoms with E-state index in [4.69, 9.17) is 4.42 Å². The van der Waals surface area contributed by atoms with Gasteiger partial charge in [0.25, 0.3) is 5.91 Å². The number of aromatic amines is 1. The van der Waals surface area contributed by atoms with Crippen LogP contribution in [0.15, 0.2) is 47.1 Å². The molecule has 1 fully saturated rings. The van der Waals surface area contributed by atoms with E-state index in [0.29, 0.717) is 11.6 Å². The number of furan rings is 1. The first-order valence-corrected chi connectivity index (χ1v) is 9.78. The fourth-order valence-corrected chi connectivity index (χ4v) is 3.62. The van der Waals surface area contributed by atoms with Gasteiger partial charge in [0.2, 0.25) is 5.82 Å². The van der Waals surface area contributed by atoms with Crippen LogP contribution < -0.4 is 0 Å². The lowest BCUT2D eigenvalue weighted by Crippen LogP contribution is -2.38. The van der Waals surface area contributed by atoms with E-state index in [1.165, 1.54) is 5.56 Å². The molecule has 0 atom stereocenters. The van der Waals surface area contributed by atoms with Crippen molar-refractivity contribution in [1.29, 1.82) is 0 Å². The maximum atomic E-state index is 12.8. The van der Waals surface area contributed by atoms with Crippen LogP contribution in [0.2, 0.25) is 0 Å². The quantitative estimate of drug-likeness (QED) is 0.734. The van der Waals surface area contributed by atoms with E-state index in [-0.39, 0.29) is 17.2 Å². The molecular formula is C22H26N4O2. The van der Waals surface area contributed by atoms with Crippen LogP contribution in [0.3, 0.4) is 0 Å². The van der Waals surface area contributed by atoms with Crippen molar-refractivity contribution in [3.63, 3.8) is 0 Å². The summed E-state index contributed by atoms with van der Waals surface area (Å²) >= 11 is 0. The number of carbonyl (C=O) groups is 1. The topological polar surface area (TPSA) is 75.0 Å². The van der Waals surface area contributed by atoms with Gasteiger partial charge in [-0.25, -0.2) is 4.98 Å². The predicted molar refractivity (Wildman–Crippen MR) is 107 cm³/mol. The minimum atomic E-state index is 0.0888. The molecule has 0 spiro atoms. The molecule has 0 saturated carbocycles. The maximum Gasteiger partial charge on any atom is 0.253 e. The van der Waals surface area contributed by atoms with E-state index in [2.05, 4.69) is 48.1 Å². The average molecular weight is 378 g/mol. The number of rotatable bonds is 3. The van der Waals surface area contributed by atoms with E-state index in [0.717, 1.165) is 37.3 Å². The summed E-state index contributed by atoms with van der Waals surface area (Å²) in [7, 11) is 0. The van der Waals surface area contributed by atoms with E-state index in [9.17, 15) is 4.79 Å². The summed E-state index contributed by atoms with van der Waals surface area (Å²) in [6, 6.07) is 11.7. The Morgan fingerprint density at radius 2 is 1.86 bits per heavy atom. The number of hydrogen-bond acceptors (Lipinski definition) is 4. The summed E-state index contributed by atoms with van der Waals surface area (Å²) in [4.78, 5) is 19.4. The van der Waals surface area contributed by atoms with Gasteiger partial charge in [-0.1, -0.05) is 32.9 Å². The van der Waals surface area contributed by atoms with Crippen LogP contribution in [-0.2, 0) is 5.41 Å². The normalized spacial score (nSPS) is 15.8. The van der Waals surface area contributed by atoms with Crippen molar-refractivity contribution >= 4 is 5.91 Å². The number of carbonyl (C=O) groups excluding carboxylic acids is 1. The van der Waals surface area contributed by atoms with Crippen LogP contribution in [0.4, 0.5) is 0 Å². The molecule has 0 bridgehead atoms. The molecule has 28 heavy (non-hydrogen) atoms. The molecule has 1 N–H and O–H groups in total. The van der Waals surface area contributed by atoms with E-state index in [1.54, 1.807) is 6.26 Å². The Morgan fingerprint density at radius 3 is 2.46 bits per heavy atom. The first-order chi connectivity index (χ1) is 13.4. The lowest BCUT2D eigenvalue weighted by molar-refractivity contribution is 0.0711. The fourth-order valence-electron chi connectivity index (χ4n) is 3.62. The van der Waals surface area contributed by atoms with Crippen LogP contribution >= 0.6 is 0 Å². The number of hydrogen-bond donors (Lipinski definition) is 1. The van der Waals surface area contributed by atoms with Crippen molar-refractivity contribution in [2.24, 2.45) is 0 Å². The van der Waals surface area contributed by atoms with Crippen LogP contribution in [0.1, 0.15) is 61.3 Å². The molecule has 0 aliphatic carbocycles. The summed E-state index contributed by atoms with van der Waals surface area (Å²) in [6.45, 7) is 7.98. The number of amides is 1. The van der Waals surface area contributed by atoms with E-state index < -0.39 is 0 Å². The number of nitrogens with zero attached hydrogens (tertiary/aromatic N) is 3. The van der Waals surface area contributed by atoms with Crippen LogP contribution in [0, 0.1) is 0 Å². The van der Waals surface area contributed by atoms with Crippen LogP contribution in [0.25, 0.3) is 11.6 Å². The van der Waals surface area contributed by atoms with Gasteiger partial charge < -0.3 is 9.32 Å².